The fourth-order valence-electron chi connectivity index (χ4n) is 2.48. The normalized spacial score (nSPS) is 25.0. The summed E-state index contributed by atoms with van der Waals surface area (Å²) in [7, 11) is 0. The zero-order valence-electron chi connectivity index (χ0n) is 10.4. The van der Waals surface area contributed by atoms with Crippen molar-refractivity contribution in [2.45, 2.75) is 44.6 Å². The van der Waals surface area contributed by atoms with Crippen molar-refractivity contribution in [3.8, 4) is 0 Å². The third-order valence-electron chi connectivity index (χ3n) is 3.96. The Kier molecular flexibility index (Phi) is 3.89. The first-order valence-electron chi connectivity index (χ1n) is 6.55. The smallest absolute Gasteiger partial charge is 0.315 e. The Morgan fingerprint density at radius 2 is 2.11 bits per heavy atom. The Balaban J connectivity index is 1.74. The van der Waals surface area contributed by atoms with Crippen molar-refractivity contribution in [1.82, 2.24) is 10.6 Å². The van der Waals surface area contributed by atoms with Crippen LogP contribution in [-0.2, 0) is 4.79 Å². The van der Waals surface area contributed by atoms with Crippen molar-refractivity contribution in [3.63, 3.8) is 0 Å². The maximum atomic E-state index is 11.7. The number of carboxylic acid groups (broad SMARTS) is 1. The lowest BCUT2D eigenvalue weighted by Gasteiger charge is -2.37. The van der Waals surface area contributed by atoms with E-state index >= 15 is 0 Å². The van der Waals surface area contributed by atoms with Crippen LogP contribution in [0.15, 0.2) is 12.2 Å². The van der Waals surface area contributed by atoms with E-state index in [4.69, 9.17) is 5.11 Å². The van der Waals surface area contributed by atoms with Crippen LogP contribution < -0.4 is 10.6 Å². The highest BCUT2D eigenvalue weighted by Gasteiger charge is 2.44. The Bertz CT molecular complexity index is 361. The first kappa shape index (κ1) is 12.9. The maximum absolute atomic E-state index is 11.7. The van der Waals surface area contributed by atoms with Gasteiger partial charge in [-0.1, -0.05) is 18.6 Å². The third-order valence-corrected chi connectivity index (χ3v) is 3.96. The molecule has 2 aliphatic carbocycles. The molecule has 0 aromatic heterocycles. The summed E-state index contributed by atoms with van der Waals surface area (Å²) in [4.78, 5) is 22.8. The van der Waals surface area contributed by atoms with E-state index in [0.29, 0.717) is 12.8 Å². The van der Waals surface area contributed by atoms with Gasteiger partial charge in [-0.25, -0.2) is 4.79 Å². The molecule has 1 fully saturated rings. The van der Waals surface area contributed by atoms with Gasteiger partial charge in [0, 0.05) is 12.6 Å². The highest BCUT2D eigenvalue weighted by atomic mass is 16.4. The molecule has 2 aliphatic rings. The standard InChI is InChI=1S/C13H20N2O3/c16-11(17)13(7-4-8-13)9-14-12(18)15-10-5-2-1-3-6-10/h1-2,10H,3-9H2,(H,16,17)(H2,14,15,18). The van der Waals surface area contributed by atoms with Crippen molar-refractivity contribution in [3.05, 3.63) is 12.2 Å². The molecular formula is C13H20N2O3. The SMILES string of the molecule is O=C(NCC1(C(=O)O)CCC1)NC1CC=CCC1. The molecule has 5 heteroatoms. The summed E-state index contributed by atoms with van der Waals surface area (Å²) in [5.41, 5.74) is -0.718. The van der Waals surface area contributed by atoms with Gasteiger partial charge in [-0.2, -0.15) is 0 Å². The molecule has 1 saturated carbocycles. The number of aliphatic carboxylic acids is 1. The monoisotopic (exact) mass is 252 g/mol. The van der Waals surface area contributed by atoms with Crippen LogP contribution in [0.1, 0.15) is 38.5 Å². The van der Waals surface area contributed by atoms with Crippen molar-refractivity contribution in [2.75, 3.05) is 6.54 Å². The van der Waals surface area contributed by atoms with E-state index in [-0.39, 0.29) is 18.6 Å². The number of hydrogen-bond acceptors (Lipinski definition) is 2. The largest absolute Gasteiger partial charge is 0.481 e. The molecule has 3 N–H and O–H groups in total. The lowest BCUT2D eigenvalue weighted by Crippen LogP contribution is -2.51. The molecule has 18 heavy (non-hydrogen) atoms. The second kappa shape index (κ2) is 5.42. The van der Waals surface area contributed by atoms with Gasteiger partial charge in [0.1, 0.15) is 0 Å². The number of carbonyl (C=O) groups is 2. The summed E-state index contributed by atoms with van der Waals surface area (Å²) in [5.74, 6) is -0.797. The highest BCUT2D eigenvalue weighted by Crippen LogP contribution is 2.40. The van der Waals surface area contributed by atoms with E-state index in [2.05, 4.69) is 22.8 Å². The molecule has 100 valence electrons. The minimum Gasteiger partial charge on any atom is -0.481 e. The highest BCUT2D eigenvalue weighted by molar-refractivity contribution is 5.79. The first-order valence-corrected chi connectivity index (χ1v) is 6.55. The van der Waals surface area contributed by atoms with Gasteiger partial charge in [0.25, 0.3) is 0 Å². The number of carbonyl (C=O) groups excluding carboxylic acids is 1. The molecule has 2 amide bonds. The Morgan fingerprint density at radius 3 is 2.61 bits per heavy atom. The van der Waals surface area contributed by atoms with Crippen LogP contribution in [0.3, 0.4) is 0 Å². The first-order chi connectivity index (χ1) is 8.62. The molecule has 0 aromatic carbocycles. The van der Waals surface area contributed by atoms with Gasteiger partial charge >= 0.3 is 12.0 Å². The number of amides is 2. The van der Waals surface area contributed by atoms with Crippen LogP contribution in [0.2, 0.25) is 0 Å². The van der Waals surface area contributed by atoms with Crippen LogP contribution in [0, 0.1) is 5.41 Å². The maximum Gasteiger partial charge on any atom is 0.315 e. The summed E-state index contributed by atoms with van der Waals surface area (Å²) < 4.78 is 0. The lowest BCUT2D eigenvalue weighted by molar-refractivity contribution is -0.153. The summed E-state index contributed by atoms with van der Waals surface area (Å²) in [6.45, 7) is 0.233. The zero-order valence-corrected chi connectivity index (χ0v) is 10.4. The van der Waals surface area contributed by atoms with Gasteiger partial charge < -0.3 is 15.7 Å². The summed E-state index contributed by atoms with van der Waals surface area (Å²) in [6.07, 6.45) is 9.24. The average Bonchev–Trinajstić information content (AvgIpc) is 2.28. The van der Waals surface area contributed by atoms with Crippen molar-refractivity contribution in [2.24, 2.45) is 5.41 Å². The number of hydrogen-bond donors (Lipinski definition) is 3. The summed E-state index contributed by atoms with van der Waals surface area (Å²) >= 11 is 0. The van der Waals surface area contributed by atoms with Crippen LogP contribution in [0.5, 0.6) is 0 Å². The van der Waals surface area contributed by atoms with Crippen LogP contribution in [0.25, 0.3) is 0 Å². The van der Waals surface area contributed by atoms with E-state index in [0.717, 1.165) is 25.7 Å². The number of urea groups is 1. The van der Waals surface area contributed by atoms with Gasteiger partial charge in [0.2, 0.25) is 0 Å². The van der Waals surface area contributed by atoms with Crippen molar-refractivity contribution in [1.29, 1.82) is 0 Å². The molecule has 0 saturated heterocycles. The second-order valence-electron chi connectivity index (χ2n) is 5.25. The number of rotatable bonds is 4. The van der Waals surface area contributed by atoms with Crippen molar-refractivity contribution >= 4 is 12.0 Å². The second-order valence-corrected chi connectivity index (χ2v) is 5.25. The minimum absolute atomic E-state index is 0.178. The molecule has 0 spiro atoms. The summed E-state index contributed by atoms with van der Waals surface area (Å²) in [5, 5.41) is 14.7. The zero-order chi connectivity index (χ0) is 13.0. The predicted molar refractivity (Wildman–Crippen MR) is 67.2 cm³/mol. The van der Waals surface area contributed by atoms with Gasteiger partial charge in [-0.3, -0.25) is 4.79 Å². The van der Waals surface area contributed by atoms with Gasteiger partial charge in [-0.15, -0.1) is 0 Å². The van der Waals surface area contributed by atoms with Gasteiger partial charge in [0.05, 0.1) is 5.41 Å². The van der Waals surface area contributed by atoms with E-state index in [1.54, 1.807) is 0 Å². The quantitative estimate of drug-likeness (QED) is 0.666. The van der Waals surface area contributed by atoms with Crippen LogP contribution in [0.4, 0.5) is 4.79 Å². The van der Waals surface area contributed by atoms with E-state index < -0.39 is 11.4 Å². The Hall–Kier alpha value is -1.52. The van der Waals surface area contributed by atoms with Crippen LogP contribution >= 0.6 is 0 Å². The number of allylic oxidation sites excluding steroid dienone is 1. The Morgan fingerprint density at radius 1 is 1.33 bits per heavy atom. The molecule has 0 heterocycles. The van der Waals surface area contributed by atoms with Crippen LogP contribution in [-0.4, -0.2) is 29.7 Å². The minimum atomic E-state index is -0.797. The fraction of sp³-hybridized carbons (Fsp3) is 0.692. The van der Waals surface area contributed by atoms with Crippen molar-refractivity contribution < 1.29 is 14.7 Å². The third kappa shape index (κ3) is 2.83. The van der Waals surface area contributed by atoms with Gasteiger partial charge in [-0.05, 0) is 32.1 Å². The van der Waals surface area contributed by atoms with E-state index in [9.17, 15) is 9.59 Å². The molecule has 0 radical (unpaired) electrons. The number of carboxylic acids is 1. The average molecular weight is 252 g/mol. The summed E-state index contributed by atoms with van der Waals surface area (Å²) in [6, 6.07) is -0.0695. The van der Waals surface area contributed by atoms with E-state index in [1.807, 2.05) is 0 Å². The topological polar surface area (TPSA) is 78.4 Å². The molecule has 1 unspecified atom stereocenters. The molecular weight excluding hydrogens is 232 g/mol. The lowest BCUT2D eigenvalue weighted by atomic mass is 9.69. The molecule has 1 atom stereocenters. The Labute approximate surface area is 107 Å². The van der Waals surface area contributed by atoms with Gasteiger partial charge in [0.15, 0.2) is 0 Å². The fourth-order valence-corrected chi connectivity index (χ4v) is 2.48. The molecule has 5 nitrogen and oxygen atoms in total. The molecule has 0 bridgehead atoms. The van der Waals surface area contributed by atoms with E-state index in [1.165, 1.54) is 0 Å². The predicted octanol–water partition coefficient (Wildman–Crippen LogP) is 1.65. The molecule has 2 rings (SSSR count). The number of nitrogens with one attached hydrogen (secondary N) is 2. The molecule has 0 aliphatic heterocycles. The molecule has 0 aromatic rings.